The average molecular weight is 415 g/mol. The number of nitrogens with one attached hydrogen (secondary N) is 1. The first-order valence-corrected chi connectivity index (χ1v) is 10.4. The fraction of sp³-hybridized carbons (Fsp3) is 0.200. The predicted octanol–water partition coefficient (Wildman–Crippen LogP) is 4.45. The highest BCUT2D eigenvalue weighted by atomic mass is 16.5. The minimum Gasteiger partial charge on any atom is -0.493 e. The summed E-state index contributed by atoms with van der Waals surface area (Å²) in [6, 6.07) is 23.1. The molecule has 158 valence electrons. The highest BCUT2D eigenvalue weighted by Crippen LogP contribution is 2.24. The number of benzene rings is 3. The van der Waals surface area contributed by atoms with Gasteiger partial charge in [0.25, 0.3) is 0 Å². The first-order valence-electron chi connectivity index (χ1n) is 10.4. The molecular formula is C25H26N4O2. The number of nitrogens with two attached hydrogens (primary N) is 1. The van der Waals surface area contributed by atoms with Crippen LogP contribution in [0.15, 0.2) is 78.1 Å². The number of nitrogens with zero attached hydrogens (tertiary/aromatic N) is 2. The van der Waals surface area contributed by atoms with Crippen molar-refractivity contribution < 1.29 is 9.94 Å². The zero-order chi connectivity index (χ0) is 21.5. The molecular weight excluding hydrogens is 388 g/mol. The van der Waals surface area contributed by atoms with Gasteiger partial charge in [-0.2, -0.15) is 5.10 Å². The number of aryl methyl sites for hydroxylation is 1. The van der Waals surface area contributed by atoms with Gasteiger partial charge in [0.1, 0.15) is 11.6 Å². The maximum Gasteiger partial charge on any atom is 0.139 e. The molecule has 0 aliphatic rings. The number of hydrogen-bond donors (Lipinski definition) is 3. The third-order valence-corrected chi connectivity index (χ3v) is 5.33. The van der Waals surface area contributed by atoms with Crippen molar-refractivity contribution in [1.82, 2.24) is 10.2 Å². The van der Waals surface area contributed by atoms with Gasteiger partial charge in [0.05, 0.1) is 6.61 Å². The van der Waals surface area contributed by atoms with Crippen molar-refractivity contribution in [2.24, 2.45) is 10.9 Å². The van der Waals surface area contributed by atoms with Crippen molar-refractivity contribution >= 4 is 16.6 Å². The van der Waals surface area contributed by atoms with E-state index in [1.165, 1.54) is 16.3 Å². The number of fused-ring (bicyclic) bond motifs is 1. The van der Waals surface area contributed by atoms with Gasteiger partial charge in [-0.15, -0.1) is 0 Å². The monoisotopic (exact) mass is 414 g/mol. The highest BCUT2D eigenvalue weighted by molar-refractivity contribution is 5.83. The van der Waals surface area contributed by atoms with E-state index in [2.05, 4.69) is 76.0 Å². The minimum absolute atomic E-state index is 0.212. The summed E-state index contributed by atoms with van der Waals surface area (Å²) in [6.07, 6.45) is 4.43. The fourth-order valence-electron chi connectivity index (χ4n) is 3.64. The summed E-state index contributed by atoms with van der Waals surface area (Å²) in [5.74, 6) is 1.05. The first kappa shape index (κ1) is 20.5. The molecule has 0 saturated heterocycles. The lowest BCUT2D eigenvalue weighted by Gasteiger charge is -2.14. The van der Waals surface area contributed by atoms with Crippen LogP contribution in [0.5, 0.6) is 5.75 Å². The molecule has 0 atom stereocenters. The molecule has 0 bridgehead atoms. The first-order chi connectivity index (χ1) is 15.2. The van der Waals surface area contributed by atoms with Crippen LogP contribution in [0.3, 0.4) is 0 Å². The summed E-state index contributed by atoms with van der Waals surface area (Å²) in [5, 5.41) is 21.4. The molecule has 1 aromatic heterocycles. The van der Waals surface area contributed by atoms with E-state index >= 15 is 0 Å². The number of hydrogen-bond acceptors (Lipinski definition) is 4. The van der Waals surface area contributed by atoms with Crippen LogP contribution in [-0.2, 0) is 19.3 Å². The van der Waals surface area contributed by atoms with Gasteiger partial charge in [-0.25, -0.2) is 0 Å². The smallest absolute Gasteiger partial charge is 0.139 e. The molecule has 0 amide bonds. The summed E-state index contributed by atoms with van der Waals surface area (Å²) in [4.78, 5) is 0. The van der Waals surface area contributed by atoms with Gasteiger partial charge in [-0.3, -0.25) is 5.10 Å². The van der Waals surface area contributed by atoms with Gasteiger partial charge in [-0.1, -0.05) is 59.8 Å². The number of oxime groups is 1. The standard InChI is InChI=1S/C25H26N4O2/c26-25(29-30)10-9-21-8-6-19(16-23-11-13-27-28-23)17-24(21)31-14-12-18-5-7-20-3-1-2-4-22(20)15-18/h1-8,11,13,15,17,30H,9-10,12,14,16H2,(H2,26,29)(H,27,28). The van der Waals surface area contributed by atoms with Crippen LogP contribution in [-0.4, -0.2) is 27.8 Å². The number of ether oxygens (including phenoxy) is 1. The normalized spacial score (nSPS) is 11.7. The maximum atomic E-state index is 8.83. The summed E-state index contributed by atoms with van der Waals surface area (Å²) in [5.41, 5.74) is 10.1. The van der Waals surface area contributed by atoms with Gasteiger partial charge in [0, 0.05) is 31.2 Å². The third kappa shape index (κ3) is 5.42. The Labute approximate surface area is 181 Å². The Hall–Kier alpha value is -3.80. The van der Waals surface area contributed by atoms with E-state index in [-0.39, 0.29) is 5.84 Å². The van der Waals surface area contributed by atoms with Crippen molar-refractivity contribution in [2.75, 3.05) is 6.61 Å². The van der Waals surface area contributed by atoms with Crippen molar-refractivity contribution in [3.8, 4) is 5.75 Å². The third-order valence-electron chi connectivity index (χ3n) is 5.33. The van der Waals surface area contributed by atoms with Gasteiger partial charge >= 0.3 is 0 Å². The summed E-state index contributed by atoms with van der Waals surface area (Å²) in [6.45, 7) is 0.572. The molecule has 0 aliphatic carbocycles. The maximum absolute atomic E-state index is 8.83. The Kier molecular flexibility index (Phi) is 6.47. The van der Waals surface area contributed by atoms with Crippen molar-refractivity contribution in [3.63, 3.8) is 0 Å². The molecule has 3 aromatic carbocycles. The molecule has 0 saturated carbocycles. The zero-order valence-corrected chi connectivity index (χ0v) is 17.3. The fourth-order valence-corrected chi connectivity index (χ4v) is 3.64. The zero-order valence-electron chi connectivity index (χ0n) is 17.3. The molecule has 1 heterocycles. The molecule has 4 N–H and O–H groups in total. The summed E-state index contributed by atoms with van der Waals surface area (Å²) in [7, 11) is 0. The Morgan fingerprint density at radius 3 is 2.61 bits per heavy atom. The number of aromatic amines is 1. The minimum atomic E-state index is 0.212. The topological polar surface area (TPSA) is 96.5 Å². The van der Waals surface area contributed by atoms with Crippen LogP contribution in [0, 0.1) is 0 Å². The second-order valence-corrected chi connectivity index (χ2v) is 7.57. The van der Waals surface area contributed by atoms with Crippen LogP contribution < -0.4 is 10.5 Å². The Morgan fingerprint density at radius 1 is 0.968 bits per heavy atom. The predicted molar refractivity (Wildman–Crippen MR) is 123 cm³/mol. The Balaban J connectivity index is 1.47. The molecule has 6 nitrogen and oxygen atoms in total. The van der Waals surface area contributed by atoms with Gasteiger partial charge in [0.15, 0.2) is 0 Å². The largest absolute Gasteiger partial charge is 0.493 e. The lowest BCUT2D eigenvalue weighted by molar-refractivity contribution is 0.315. The van der Waals surface area contributed by atoms with Crippen LogP contribution in [0.25, 0.3) is 10.8 Å². The number of rotatable bonds is 9. The van der Waals surface area contributed by atoms with Crippen LogP contribution in [0.1, 0.15) is 28.8 Å². The van der Waals surface area contributed by atoms with E-state index in [9.17, 15) is 0 Å². The van der Waals surface area contributed by atoms with Gasteiger partial charge < -0.3 is 15.7 Å². The number of amidine groups is 1. The van der Waals surface area contributed by atoms with Crippen molar-refractivity contribution in [2.45, 2.75) is 25.7 Å². The van der Waals surface area contributed by atoms with E-state index in [4.69, 9.17) is 15.7 Å². The Bertz CT molecular complexity index is 1170. The molecule has 4 rings (SSSR count). The summed E-state index contributed by atoms with van der Waals surface area (Å²) >= 11 is 0. The van der Waals surface area contributed by atoms with Crippen molar-refractivity contribution in [3.05, 3.63) is 95.3 Å². The van der Waals surface area contributed by atoms with E-state index in [0.717, 1.165) is 35.4 Å². The SMILES string of the molecule is N/C(CCc1ccc(Cc2ccn[nH]2)cc1OCCc1ccc2ccccc2c1)=N\O. The average Bonchev–Trinajstić information content (AvgIpc) is 3.31. The van der Waals surface area contributed by atoms with Crippen LogP contribution in [0.4, 0.5) is 0 Å². The lowest BCUT2D eigenvalue weighted by Crippen LogP contribution is -2.13. The molecule has 4 aromatic rings. The number of aromatic nitrogens is 2. The molecule has 0 aliphatic heterocycles. The molecule has 6 heteroatoms. The highest BCUT2D eigenvalue weighted by Gasteiger charge is 2.09. The van der Waals surface area contributed by atoms with E-state index in [0.29, 0.717) is 19.4 Å². The summed E-state index contributed by atoms with van der Waals surface area (Å²) < 4.78 is 6.21. The number of H-pyrrole nitrogens is 1. The molecule has 0 fully saturated rings. The second-order valence-electron chi connectivity index (χ2n) is 7.57. The Morgan fingerprint density at radius 2 is 1.81 bits per heavy atom. The van der Waals surface area contributed by atoms with Gasteiger partial charge in [-0.05, 0) is 46.0 Å². The lowest BCUT2D eigenvalue weighted by atomic mass is 10.0. The van der Waals surface area contributed by atoms with Crippen LogP contribution >= 0.6 is 0 Å². The quantitative estimate of drug-likeness (QED) is 0.163. The van der Waals surface area contributed by atoms with E-state index in [1.807, 2.05) is 6.07 Å². The molecule has 0 spiro atoms. The van der Waals surface area contributed by atoms with E-state index < -0.39 is 0 Å². The van der Waals surface area contributed by atoms with E-state index in [1.54, 1.807) is 6.20 Å². The second kappa shape index (κ2) is 9.80. The molecule has 0 unspecified atom stereocenters. The molecule has 31 heavy (non-hydrogen) atoms. The van der Waals surface area contributed by atoms with Gasteiger partial charge in [0.2, 0.25) is 0 Å². The molecule has 0 radical (unpaired) electrons. The van der Waals surface area contributed by atoms with Crippen LogP contribution in [0.2, 0.25) is 0 Å². The van der Waals surface area contributed by atoms with Crippen molar-refractivity contribution in [1.29, 1.82) is 0 Å².